The van der Waals surface area contributed by atoms with Crippen molar-refractivity contribution in [1.29, 1.82) is 0 Å². The van der Waals surface area contributed by atoms with E-state index in [1.807, 2.05) is 31.2 Å². The summed E-state index contributed by atoms with van der Waals surface area (Å²) in [4.78, 5) is 37.9. The van der Waals surface area contributed by atoms with Gasteiger partial charge in [0.25, 0.3) is 5.91 Å². The van der Waals surface area contributed by atoms with Gasteiger partial charge in [0.15, 0.2) is 12.4 Å². The lowest BCUT2D eigenvalue weighted by Crippen LogP contribution is -2.16. The molecule has 1 aromatic carbocycles. The molecule has 3 rings (SSSR count). The first kappa shape index (κ1) is 26.9. The number of carbonyl (C=O) groups excluding carboxylic acids is 3. The highest BCUT2D eigenvalue weighted by Gasteiger charge is 2.27. The zero-order chi connectivity index (χ0) is 26.5. The monoisotopic (exact) mass is 513 g/mol. The third-order valence-corrected chi connectivity index (χ3v) is 6.53. The largest absolute Gasteiger partial charge is 0.471 e. The Hall–Kier alpha value is -3.66. The average Bonchev–Trinajstić information content (AvgIpc) is 3.45. The lowest BCUT2D eigenvalue weighted by molar-refractivity contribution is 0.0506. The minimum absolute atomic E-state index is 0.0497. The summed E-state index contributed by atoms with van der Waals surface area (Å²) >= 11 is 0.954. The van der Waals surface area contributed by atoms with Crippen molar-refractivity contribution >= 4 is 34.2 Å². The Morgan fingerprint density at radius 2 is 1.78 bits per heavy atom. The summed E-state index contributed by atoms with van der Waals surface area (Å²) in [6, 6.07) is 9.37. The van der Waals surface area contributed by atoms with Crippen LogP contribution < -0.4 is 10.1 Å². The van der Waals surface area contributed by atoms with Crippen LogP contribution in [0.5, 0.6) is 5.75 Å². The van der Waals surface area contributed by atoms with Gasteiger partial charge in [0.05, 0.1) is 19.3 Å². The molecule has 0 aliphatic carbocycles. The van der Waals surface area contributed by atoms with Gasteiger partial charge in [0.1, 0.15) is 15.6 Å². The summed E-state index contributed by atoms with van der Waals surface area (Å²) in [7, 11) is 1.25. The molecule has 0 radical (unpaired) electrons. The lowest BCUT2D eigenvalue weighted by Gasteiger charge is -2.19. The Balaban J connectivity index is 1.72. The first-order valence-corrected chi connectivity index (χ1v) is 12.3. The quantitative estimate of drug-likeness (QED) is 0.392. The van der Waals surface area contributed by atoms with Crippen LogP contribution in [-0.4, -0.2) is 41.3 Å². The Bertz CT molecular complexity index is 1240. The summed E-state index contributed by atoms with van der Waals surface area (Å²) in [6.07, 6.45) is 2.26. The Labute approximate surface area is 214 Å². The Morgan fingerprint density at radius 3 is 2.39 bits per heavy atom. The lowest BCUT2D eigenvalue weighted by atomic mass is 9.87. The molecule has 0 aliphatic heterocycles. The van der Waals surface area contributed by atoms with E-state index >= 15 is 0 Å². The van der Waals surface area contributed by atoms with Crippen LogP contribution in [0, 0.1) is 6.92 Å². The molecule has 1 N–H and O–H groups in total. The number of aromatic nitrogens is 2. The van der Waals surface area contributed by atoms with Gasteiger partial charge in [0, 0.05) is 6.20 Å². The topological polar surface area (TPSA) is 109 Å². The molecule has 0 bridgehead atoms. The van der Waals surface area contributed by atoms with Gasteiger partial charge in [-0.15, -0.1) is 11.3 Å². The van der Waals surface area contributed by atoms with Crippen LogP contribution in [0.3, 0.4) is 0 Å². The fraction of sp³-hybridized carbons (Fsp3) is 0.385. The van der Waals surface area contributed by atoms with Crippen molar-refractivity contribution in [1.82, 2.24) is 9.78 Å². The van der Waals surface area contributed by atoms with E-state index in [1.165, 1.54) is 23.4 Å². The van der Waals surface area contributed by atoms with E-state index in [9.17, 15) is 14.4 Å². The number of benzene rings is 1. The molecule has 2 heterocycles. The summed E-state index contributed by atoms with van der Waals surface area (Å²) in [5.41, 5.74) is 1.89. The van der Waals surface area contributed by atoms with Gasteiger partial charge in [-0.3, -0.25) is 4.79 Å². The molecule has 0 saturated heterocycles. The van der Waals surface area contributed by atoms with Crippen molar-refractivity contribution in [3.8, 4) is 5.75 Å². The maximum Gasteiger partial charge on any atom is 0.348 e. The number of hydrogen-bond donors (Lipinski definition) is 1. The first-order chi connectivity index (χ1) is 17.0. The number of esters is 2. The van der Waals surface area contributed by atoms with Crippen LogP contribution in [0.1, 0.15) is 75.8 Å². The molecule has 10 heteroatoms. The SMILES string of the molecule is CCCOC(=O)c1c(NC(=O)c2ccn(COc3ccc(C(C)(C)C)cc3)n2)sc(C(=O)OC)c1C. The molecule has 36 heavy (non-hydrogen) atoms. The van der Waals surface area contributed by atoms with E-state index in [1.54, 1.807) is 13.1 Å². The predicted octanol–water partition coefficient (Wildman–Crippen LogP) is 5.19. The number of hydrogen-bond acceptors (Lipinski definition) is 8. The van der Waals surface area contributed by atoms with Gasteiger partial charge in [-0.25, -0.2) is 14.3 Å². The standard InChI is InChI=1S/C26H31N3O6S/c1-7-14-34-24(31)20-16(2)21(25(32)33-6)36-23(20)27-22(30)19-12-13-29(28-19)15-35-18-10-8-17(9-11-18)26(3,4)5/h8-13H,7,14-15H2,1-6H3,(H,27,30). The van der Waals surface area contributed by atoms with Gasteiger partial charge in [0.2, 0.25) is 0 Å². The van der Waals surface area contributed by atoms with Crippen LogP contribution >= 0.6 is 11.3 Å². The number of anilines is 1. The van der Waals surface area contributed by atoms with E-state index in [0.717, 1.165) is 11.3 Å². The van der Waals surface area contributed by atoms with E-state index in [2.05, 4.69) is 31.2 Å². The van der Waals surface area contributed by atoms with Crippen LogP contribution in [0.25, 0.3) is 0 Å². The van der Waals surface area contributed by atoms with Crippen LogP contribution in [0.15, 0.2) is 36.5 Å². The average molecular weight is 514 g/mol. The summed E-state index contributed by atoms with van der Waals surface area (Å²) in [5.74, 6) is -1.07. The highest BCUT2D eigenvalue weighted by atomic mass is 32.1. The molecular weight excluding hydrogens is 482 g/mol. The molecule has 3 aromatic rings. The van der Waals surface area contributed by atoms with Crippen LogP contribution in [0.4, 0.5) is 5.00 Å². The number of nitrogens with one attached hydrogen (secondary N) is 1. The molecule has 0 saturated carbocycles. The van der Waals surface area contributed by atoms with Crippen molar-refractivity contribution < 1.29 is 28.6 Å². The minimum Gasteiger partial charge on any atom is -0.471 e. The van der Waals surface area contributed by atoms with Crippen molar-refractivity contribution in [3.63, 3.8) is 0 Å². The molecular formula is C26H31N3O6S. The Morgan fingerprint density at radius 1 is 1.08 bits per heavy atom. The molecule has 9 nitrogen and oxygen atoms in total. The van der Waals surface area contributed by atoms with Gasteiger partial charge in [-0.05, 0) is 48.1 Å². The van der Waals surface area contributed by atoms with Gasteiger partial charge < -0.3 is 19.5 Å². The second-order valence-electron chi connectivity index (χ2n) is 9.13. The van der Waals surface area contributed by atoms with Crippen LogP contribution in [0.2, 0.25) is 0 Å². The fourth-order valence-corrected chi connectivity index (χ4v) is 4.42. The fourth-order valence-electron chi connectivity index (χ4n) is 3.32. The zero-order valence-corrected chi connectivity index (χ0v) is 22.2. The molecule has 192 valence electrons. The highest BCUT2D eigenvalue weighted by Crippen LogP contribution is 2.34. The maximum atomic E-state index is 12.9. The number of carbonyl (C=O) groups is 3. The molecule has 0 aliphatic rings. The van der Waals surface area contributed by atoms with E-state index in [4.69, 9.17) is 14.2 Å². The second kappa shape index (κ2) is 11.4. The van der Waals surface area contributed by atoms with Crippen molar-refractivity contribution in [2.45, 2.75) is 53.2 Å². The van der Waals surface area contributed by atoms with Gasteiger partial charge in [-0.1, -0.05) is 39.8 Å². The molecule has 0 fully saturated rings. The second-order valence-corrected chi connectivity index (χ2v) is 10.2. The van der Waals surface area contributed by atoms with Gasteiger partial charge >= 0.3 is 11.9 Å². The normalized spacial score (nSPS) is 11.2. The Kier molecular flexibility index (Phi) is 8.52. The summed E-state index contributed by atoms with van der Waals surface area (Å²) < 4.78 is 17.3. The van der Waals surface area contributed by atoms with Crippen molar-refractivity contribution in [3.05, 3.63) is 63.8 Å². The number of rotatable bonds is 9. The molecule has 0 atom stereocenters. The zero-order valence-electron chi connectivity index (χ0n) is 21.3. The first-order valence-electron chi connectivity index (χ1n) is 11.5. The minimum atomic E-state index is -0.618. The predicted molar refractivity (Wildman–Crippen MR) is 137 cm³/mol. The molecule has 0 unspecified atom stereocenters. The number of amides is 1. The molecule has 0 spiro atoms. The highest BCUT2D eigenvalue weighted by molar-refractivity contribution is 7.18. The third-order valence-electron chi connectivity index (χ3n) is 5.34. The van der Waals surface area contributed by atoms with E-state index in [0.29, 0.717) is 17.7 Å². The van der Waals surface area contributed by atoms with E-state index in [-0.39, 0.29) is 39.9 Å². The number of ether oxygens (including phenoxy) is 3. The number of nitrogens with zero attached hydrogens (tertiary/aromatic N) is 2. The smallest absolute Gasteiger partial charge is 0.348 e. The van der Waals surface area contributed by atoms with Crippen molar-refractivity contribution in [2.24, 2.45) is 0 Å². The van der Waals surface area contributed by atoms with Crippen molar-refractivity contribution in [2.75, 3.05) is 19.0 Å². The third kappa shape index (κ3) is 6.31. The number of thiophene rings is 1. The molecule has 2 aromatic heterocycles. The maximum absolute atomic E-state index is 12.9. The summed E-state index contributed by atoms with van der Waals surface area (Å²) in [6.45, 7) is 10.2. The van der Waals surface area contributed by atoms with Gasteiger partial charge in [-0.2, -0.15) is 5.10 Å². The summed E-state index contributed by atoms with van der Waals surface area (Å²) in [5, 5.41) is 7.14. The molecule has 1 amide bonds. The van der Waals surface area contributed by atoms with E-state index < -0.39 is 17.8 Å². The number of methoxy groups -OCH3 is 1. The van der Waals surface area contributed by atoms with Crippen LogP contribution in [-0.2, 0) is 21.6 Å².